The Balaban J connectivity index is 2.34. The van der Waals surface area contributed by atoms with Gasteiger partial charge in [-0.3, -0.25) is 0 Å². The fraction of sp³-hybridized carbons (Fsp3) is 0. The van der Waals surface area contributed by atoms with Gasteiger partial charge < -0.3 is 10.1 Å². The Morgan fingerprint density at radius 1 is 0.938 bits per heavy atom. The second kappa shape index (κ2) is 3.38. The molecular weight excluding hydrogens is 200 g/mol. The Kier molecular flexibility index (Phi) is 1.90. The molecule has 3 aromatic rings. The summed E-state index contributed by atoms with van der Waals surface area (Å²) in [5.74, 6) is 0.276. The van der Waals surface area contributed by atoms with Gasteiger partial charge in [-0.25, -0.2) is 4.98 Å². The van der Waals surface area contributed by atoms with E-state index in [1.807, 2.05) is 36.4 Å². The quantitative estimate of drug-likeness (QED) is 0.648. The van der Waals surface area contributed by atoms with Gasteiger partial charge in [0.1, 0.15) is 5.75 Å². The molecular formula is C13H10N2O. The number of nitrogens with one attached hydrogen (secondary N) is 1. The SMILES string of the molecule is Oc1ccccc1-c1cccc2[nH]cnc12. The maximum Gasteiger partial charge on any atom is 0.123 e. The molecule has 1 aromatic heterocycles. The molecule has 0 amide bonds. The van der Waals surface area contributed by atoms with Crippen LogP contribution in [-0.2, 0) is 0 Å². The zero-order valence-electron chi connectivity index (χ0n) is 8.51. The van der Waals surface area contributed by atoms with Crippen molar-refractivity contribution in [3.63, 3.8) is 0 Å². The Morgan fingerprint density at radius 2 is 1.75 bits per heavy atom. The van der Waals surface area contributed by atoms with Crippen LogP contribution in [0.5, 0.6) is 5.75 Å². The maximum atomic E-state index is 9.82. The topological polar surface area (TPSA) is 48.9 Å². The summed E-state index contributed by atoms with van der Waals surface area (Å²) in [6.45, 7) is 0. The lowest BCUT2D eigenvalue weighted by Crippen LogP contribution is -1.81. The monoisotopic (exact) mass is 210 g/mol. The van der Waals surface area contributed by atoms with E-state index in [1.54, 1.807) is 12.4 Å². The van der Waals surface area contributed by atoms with E-state index in [9.17, 15) is 5.11 Å². The average molecular weight is 210 g/mol. The zero-order valence-corrected chi connectivity index (χ0v) is 8.51. The summed E-state index contributed by atoms with van der Waals surface area (Å²) in [6, 6.07) is 13.1. The molecule has 0 spiro atoms. The molecule has 0 aliphatic rings. The van der Waals surface area contributed by atoms with Crippen LogP contribution in [0.4, 0.5) is 0 Å². The molecule has 0 radical (unpaired) electrons. The molecule has 1 heterocycles. The summed E-state index contributed by atoms with van der Waals surface area (Å²) >= 11 is 0. The van der Waals surface area contributed by atoms with E-state index >= 15 is 0 Å². The lowest BCUT2D eigenvalue weighted by atomic mass is 10.0. The summed E-state index contributed by atoms with van der Waals surface area (Å²) < 4.78 is 0. The fourth-order valence-corrected chi connectivity index (χ4v) is 1.88. The largest absolute Gasteiger partial charge is 0.507 e. The van der Waals surface area contributed by atoms with Crippen LogP contribution in [0.25, 0.3) is 22.2 Å². The third kappa shape index (κ3) is 1.26. The van der Waals surface area contributed by atoms with Crippen molar-refractivity contribution in [2.75, 3.05) is 0 Å². The van der Waals surface area contributed by atoms with Gasteiger partial charge in [-0.1, -0.05) is 30.3 Å². The highest BCUT2D eigenvalue weighted by Crippen LogP contribution is 2.32. The summed E-state index contributed by atoms with van der Waals surface area (Å²) in [4.78, 5) is 7.33. The Morgan fingerprint density at radius 3 is 2.62 bits per heavy atom. The van der Waals surface area contributed by atoms with Crippen LogP contribution in [-0.4, -0.2) is 15.1 Å². The van der Waals surface area contributed by atoms with Crippen molar-refractivity contribution in [3.8, 4) is 16.9 Å². The van der Waals surface area contributed by atoms with Crippen molar-refractivity contribution < 1.29 is 5.11 Å². The number of H-pyrrole nitrogens is 1. The summed E-state index contributed by atoms with van der Waals surface area (Å²) in [5, 5.41) is 9.82. The predicted octanol–water partition coefficient (Wildman–Crippen LogP) is 2.94. The molecule has 0 unspecified atom stereocenters. The molecule has 3 heteroatoms. The van der Waals surface area contributed by atoms with Crippen LogP contribution in [0.15, 0.2) is 48.8 Å². The normalized spacial score (nSPS) is 10.8. The number of aromatic nitrogens is 2. The van der Waals surface area contributed by atoms with Crippen molar-refractivity contribution in [3.05, 3.63) is 48.8 Å². The number of phenolic OH excluding ortho intramolecular Hbond substituents is 1. The number of benzene rings is 2. The number of nitrogens with zero attached hydrogens (tertiary/aromatic N) is 1. The minimum Gasteiger partial charge on any atom is -0.507 e. The first-order valence-corrected chi connectivity index (χ1v) is 5.07. The Bertz CT molecular complexity index is 643. The second-order valence-corrected chi connectivity index (χ2v) is 3.62. The van der Waals surface area contributed by atoms with Gasteiger partial charge >= 0.3 is 0 Å². The van der Waals surface area contributed by atoms with E-state index in [4.69, 9.17) is 0 Å². The van der Waals surface area contributed by atoms with Gasteiger partial charge in [-0.2, -0.15) is 0 Å². The molecule has 0 fully saturated rings. The molecule has 78 valence electrons. The van der Waals surface area contributed by atoms with Gasteiger partial charge in [0.25, 0.3) is 0 Å². The molecule has 3 rings (SSSR count). The minimum atomic E-state index is 0.276. The van der Waals surface area contributed by atoms with Crippen LogP contribution in [0.2, 0.25) is 0 Å². The van der Waals surface area contributed by atoms with Crippen molar-refractivity contribution in [1.29, 1.82) is 0 Å². The first-order valence-electron chi connectivity index (χ1n) is 5.07. The molecule has 0 aliphatic heterocycles. The number of phenols is 1. The van der Waals surface area contributed by atoms with Crippen LogP contribution in [0.3, 0.4) is 0 Å². The fourth-order valence-electron chi connectivity index (χ4n) is 1.88. The standard InChI is InChI=1S/C13H10N2O/c16-12-7-2-1-4-9(12)10-5-3-6-11-13(10)15-8-14-11/h1-8,16H,(H,14,15). The second-order valence-electron chi connectivity index (χ2n) is 3.62. The van der Waals surface area contributed by atoms with E-state index in [-0.39, 0.29) is 5.75 Å². The first kappa shape index (κ1) is 8.97. The molecule has 0 aliphatic carbocycles. The highest BCUT2D eigenvalue weighted by molar-refractivity contribution is 5.93. The first-order chi connectivity index (χ1) is 7.86. The summed E-state index contributed by atoms with van der Waals surface area (Å²) in [5.41, 5.74) is 3.60. The molecule has 2 N–H and O–H groups in total. The molecule has 2 aromatic carbocycles. The lowest BCUT2D eigenvalue weighted by Gasteiger charge is -2.04. The predicted molar refractivity (Wildman–Crippen MR) is 63.2 cm³/mol. The Labute approximate surface area is 92.4 Å². The number of para-hydroxylation sites is 2. The van der Waals surface area contributed by atoms with Gasteiger partial charge in [0.2, 0.25) is 0 Å². The molecule has 0 saturated heterocycles. The molecule has 3 nitrogen and oxygen atoms in total. The van der Waals surface area contributed by atoms with Gasteiger partial charge in [-0.05, 0) is 12.1 Å². The van der Waals surface area contributed by atoms with Gasteiger partial charge in [-0.15, -0.1) is 0 Å². The van der Waals surface area contributed by atoms with Crippen LogP contribution >= 0.6 is 0 Å². The van der Waals surface area contributed by atoms with Gasteiger partial charge in [0.15, 0.2) is 0 Å². The van der Waals surface area contributed by atoms with Gasteiger partial charge in [0.05, 0.1) is 17.4 Å². The molecule has 0 atom stereocenters. The van der Waals surface area contributed by atoms with Crippen LogP contribution in [0.1, 0.15) is 0 Å². The maximum absolute atomic E-state index is 9.82. The van der Waals surface area contributed by atoms with E-state index in [2.05, 4.69) is 9.97 Å². The summed E-state index contributed by atoms with van der Waals surface area (Å²) in [7, 11) is 0. The number of rotatable bonds is 1. The number of fused-ring (bicyclic) bond motifs is 1. The highest BCUT2D eigenvalue weighted by Gasteiger charge is 2.08. The van der Waals surface area contributed by atoms with E-state index in [0.717, 1.165) is 22.2 Å². The van der Waals surface area contributed by atoms with Crippen molar-refractivity contribution >= 4 is 11.0 Å². The van der Waals surface area contributed by atoms with Crippen molar-refractivity contribution in [1.82, 2.24) is 9.97 Å². The van der Waals surface area contributed by atoms with Crippen molar-refractivity contribution in [2.45, 2.75) is 0 Å². The molecule has 0 saturated carbocycles. The summed E-state index contributed by atoms with van der Waals surface area (Å²) in [6.07, 6.45) is 1.66. The van der Waals surface area contributed by atoms with E-state index in [1.165, 1.54) is 0 Å². The van der Waals surface area contributed by atoms with E-state index < -0.39 is 0 Å². The number of aromatic hydroxyl groups is 1. The smallest absolute Gasteiger partial charge is 0.123 e. The minimum absolute atomic E-state index is 0.276. The molecule has 0 bridgehead atoms. The number of imidazole rings is 1. The van der Waals surface area contributed by atoms with Gasteiger partial charge in [0, 0.05) is 11.1 Å². The number of aromatic amines is 1. The lowest BCUT2D eigenvalue weighted by molar-refractivity contribution is 0.477. The zero-order chi connectivity index (χ0) is 11.0. The van der Waals surface area contributed by atoms with Crippen LogP contribution < -0.4 is 0 Å². The molecule has 16 heavy (non-hydrogen) atoms. The number of hydrogen-bond donors (Lipinski definition) is 2. The van der Waals surface area contributed by atoms with Crippen LogP contribution in [0, 0.1) is 0 Å². The average Bonchev–Trinajstić information content (AvgIpc) is 2.77. The van der Waals surface area contributed by atoms with Crippen molar-refractivity contribution in [2.24, 2.45) is 0 Å². The van der Waals surface area contributed by atoms with E-state index in [0.29, 0.717) is 0 Å². The Hall–Kier alpha value is -2.29. The highest BCUT2D eigenvalue weighted by atomic mass is 16.3. The third-order valence-corrected chi connectivity index (χ3v) is 2.64. The third-order valence-electron chi connectivity index (χ3n) is 2.64. The number of hydrogen-bond acceptors (Lipinski definition) is 2.